The maximum atomic E-state index is 12.3. The van der Waals surface area contributed by atoms with E-state index in [1.165, 1.54) is 0 Å². The number of fused-ring (bicyclic) bond motifs is 2. The van der Waals surface area contributed by atoms with E-state index in [2.05, 4.69) is 11.9 Å². The summed E-state index contributed by atoms with van der Waals surface area (Å²) in [6.45, 7) is 6.51. The second-order valence-electron chi connectivity index (χ2n) is 7.35. The summed E-state index contributed by atoms with van der Waals surface area (Å²) in [4.78, 5) is 24.1. The fraction of sp³-hybridized carbons (Fsp3) is 0.647. The van der Waals surface area contributed by atoms with E-state index in [-0.39, 0.29) is 12.5 Å². The van der Waals surface area contributed by atoms with Crippen molar-refractivity contribution in [1.29, 1.82) is 0 Å². The van der Waals surface area contributed by atoms with E-state index in [9.17, 15) is 24.9 Å². The molecule has 2 aliphatic rings. The number of rotatable bonds is 7. The average Bonchev–Trinajstić information content (AvgIpc) is 3.02. The molecule has 2 aliphatic carbocycles. The summed E-state index contributed by atoms with van der Waals surface area (Å²) in [5.74, 6) is -2.41. The van der Waals surface area contributed by atoms with E-state index in [0.29, 0.717) is 12.8 Å². The minimum atomic E-state index is -1.40. The van der Waals surface area contributed by atoms with Gasteiger partial charge in [-0.25, -0.2) is 0 Å². The zero-order valence-electron chi connectivity index (χ0n) is 13.5. The van der Waals surface area contributed by atoms with Crippen LogP contribution < -0.4 is 5.32 Å². The van der Waals surface area contributed by atoms with Crippen LogP contribution in [0.2, 0.25) is 0 Å². The second-order valence-corrected chi connectivity index (χ2v) is 7.35. The lowest BCUT2D eigenvalue weighted by atomic mass is 9.73. The van der Waals surface area contributed by atoms with Crippen LogP contribution in [0.1, 0.15) is 26.7 Å². The molecule has 128 valence electrons. The molecule has 0 aliphatic heterocycles. The fourth-order valence-corrected chi connectivity index (χ4v) is 3.79. The Hall–Kier alpha value is -1.66. The Labute approximate surface area is 135 Å². The van der Waals surface area contributed by atoms with Gasteiger partial charge in [-0.05, 0) is 18.8 Å². The molecule has 2 bridgehead atoms. The molecule has 23 heavy (non-hydrogen) atoms. The van der Waals surface area contributed by atoms with E-state index < -0.39 is 40.8 Å². The van der Waals surface area contributed by atoms with Crippen LogP contribution in [0.25, 0.3) is 0 Å². The van der Waals surface area contributed by atoms with Crippen LogP contribution >= 0.6 is 0 Å². The van der Waals surface area contributed by atoms with Gasteiger partial charge >= 0.3 is 5.97 Å². The molecule has 0 radical (unpaired) electrons. The van der Waals surface area contributed by atoms with Crippen LogP contribution in [0.4, 0.5) is 0 Å². The molecule has 0 heterocycles. The largest absolute Gasteiger partial charge is 0.481 e. The van der Waals surface area contributed by atoms with Crippen LogP contribution in [0.3, 0.4) is 0 Å². The zero-order valence-corrected chi connectivity index (χ0v) is 13.5. The monoisotopic (exact) mass is 323 g/mol. The molecule has 1 fully saturated rings. The molecule has 0 aromatic carbocycles. The predicted molar refractivity (Wildman–Crippen MR) is 84.4 cm³/mol. The van der Waals surface area contributed by atoms with E-state index in [1.807, 2.05) is 12.2 Å². The van der Waals surface area contributed by atoms with Crippen LogP contribution in [0.15, 0.2) is 24.8 Å². The van der Waals surface area contributed by atoms with Crippen molar-refractivity contribution in [2.24, 2.45) is 22.7 Å². The first-order chi connectivity index (χ1) is 10.7. The van der Waals surface area contributed by atoms with Gasteiger partial charge in [-0.1, -0.05) is 32.1 Å². The zero-order chi connectivity index (χ0) is 17.4. The quantitative estimate of drug-likeness (QED) is 0.516. The number of aliphatic carboxylic acids is 1. The normalized spacial score (nSPS) is 33.5. The molecule has 4 N–H and O–H groups in total. The summed E-state index contributed by atoms with van der Waals surface area (Å²) >= 11 is 0. The van der Waals surface area contributed by atoms with Crippen LogP contribution in [-0.4, -0.2) is 45.9 Å². The molecular weight excluding hydrogens is 298 g/mol. The third-order valence-electron chi connectivity index (χ3n) is 5.23. The number of aliphatic hydroxyl groups is 2. The van der Waals surface area contributed by atoms with Crippen molar-refractivity contribution in [3.8, 4) is 0 Å². The maximum Gasteiger partial charge on any atom is 0.309 e. The van der Waals surface area contributed by atoms with E-state index in [1.54, 1.807) is 19.9 Å². The van der Waals surface area contributed by atoms with Crippen LogP contribution in [-0.2, 0) is 9.59 Å². The van der Waals surface area contributed by atoms with Gasteiger partial charge in [0.15, 0.2) is 0 Å². The molecule has 6 nitrogen and oxygen atoms in total. The highest BCUT2D eigenvalue weighted by Gasteiger charge is 2.58. The van der Waals surface area contributed by atoms with Gasteiger partial charge in [0, 0.05) is 16.9 Å². The molecule has 2 rings (SSSR count). The Kier molecular flexibility index (Phi) is 4.69. The lowest BCUT2D eigenvalue weighted by Crippen LogP contribution is -2.53. The van der Waals surface area contributed by atoms with Crippen molar-refractivity contribution in [2.45, 2.75) is 38.8 Å². The number of carboxylic acid groups (broad SMARTS) is 1. The minimum Gasteiger partial charge on any atom is -0.481 e. The smallest absolute Gasteiger partial charge is 0.309 e. The molecule has 1 amide bonds. The first-order valence-electron chi connectivity index (χ1n) is 7.81. The van der Waals surface area contributed by atoms with Gasteiger partial charge in [0.05, 0.1) is 12.5 Å². The highest BCUT2D eigenvalue weighted by atomic mass is 16.4. The highest BCUT2D eigenvalue weighted by Crippen LogP contribution is 2.55. The highest BCUT2D eigenvalue weighted by molar-refractivity contribution is 5.83. The number of hydrogen-bond donors (Lipinski definition) is 4. The molecule has 0 spiro atoms. The molecule has 0 saturated heterocycles. The van der Waals surface area contributed by atoms with Crippen molar-refractivity contribution in [1.82, 2.24) is 5.32 Å². The Bertz CT molecular complexity index is 541. The van der Waals surface area contributed by atoms with E-state index >= 15 is 0 Å². The number of carbonyl (C=O) groups is 2. The minimum absolute atomic E-state index is 0.0653. The summed E-state index contributed by atoms with van der Waals surface area (Å²) in [6, 6.07) is -0.561. The lowest BCUT2D eigenvalue weighted by molar-refractivity contribution is -0.147. The number of carbonyl (C=O) groups excluding carboxylic acids is 1. The summed E-state index contributed by atoms with van der Waals surface area (Å²) in [7, 11) is 0. The first-order valence-corrected chi connectivity index (χ1v) is 7.81. The van der Waals surface area contributed by atoms with Crippen molar-refractivity contribution in [3.63, 3.8) is 0 Å². The van der Waals surface area contributed by atoms with Gasteiger partial charge in [0.1, 0.15) is 6.10 Å². The van der Waals surface area contributed by atoms with Crippen LogP contribution in [0.5, 0.6) is 0 Å². The lowest BCUT2D eigenvalue weighted by Gasteiger charge is -2.35. The number of aliphatic hydroxyl groups excluding tert-OH is 2. The molecular formula is C17H25NO5. The Balaban J connectivity index is 2.20. The summed E-state index contributed by atoms with van der Waals surface area (Å²) in [6.07, 6.45) is 5.36. The van der Waals surface area contributed by atoms with Gasteiger partial charge in [0.2, 0.25) is 5.91 Å². The SMILES string of the molecule is C=CC[C@]12C=C[C@H](C1)[C@H](NC(=O)[C@H](O)C(C)(C)CO)[C@@H]2C(=O)O. The second kappa shape index (κ2) is 6.09. The molecule has 5 atom stereocenters. The topological polar surface area (TPSA) is 107 Å². The number of nitrogens with one attached hydrogen (secondary N) is 1. The van der Waals surface area contributed by atoms with E-state index in [4.69, 9.17) is 0 Å². The predicted octanol–water partition coefficient (Wildman–Crippen LogP) is 0.704. The van der Waals surface area contributed by atoms with Crippen molar-refractivity contribution < 1.29 is 24.9 Å². The molecule has 0 unspecified atom stereocenters. The van der Waals surface area contributed by atoms with Gasteiger partial charge in [0.25, 0.3) is 0 Å². The number of hydrogen-bond acceptors (Lipinski definition) is 4. The molecule has 0 aromatic rings. The van der Waals surface area contributed by atoms with Gasteiger partial charge < -0.3 is 20.6 Å². The number of amides is 1. The summed E-state index contributed by atoms with van der Waals surface area (Å²) < 4.78 is 0. The summed E-state index contributed by atoms with van der Waals surface area (Å²) in [5.41, 5.74) is -1.51. The van der Waals surface area contributed by atoms with Gasteiger partial charge in [-0.15, -0.1) is 6.58 Å². The van der Waals surface area contributed by atoms with Gasteiger partial charge in [-0.3, -0.25) is 9.59 Å². The first kappa shape index (κ1) is 17.7. The number of carboxylic acids is 1. The molecule has 6 heteroatoms. The Morgan fingerprint density at radius 2 is 2.17 bits per heavy atom. The maximum absolute atomic E-state index is 12.3. The Morgan fingerprint density at radius 1 is 1.52 bits per heavy atom. The Morgan fingerprint density at radius 3 is 2.70 bits per heavy atom. The van der Waals surface area contributed by atoms with Crippen molar-refractivity contribution in [2.75, 3.05) is 6.61 Å². The average molecular weight is 323 g/mol. The number of allylic oxidation sites excluding steroid dienone is 2. The summed E-state index contributed by atoms with van der Waals surface area (Å²) in [5, 5.41) is 31.7. The molecule has 1 saturated carbocycles. The third-order valence-corrected chi connectivity index (χ3v) is 5.23. The van der Waals surface area contributed by atoms with Gasteiger partial charge in [-0.2, -0.15) is 0 Å². The molecule has 0 aromatic heterocycles. The van der Waals surface area contributed by atoms with Crippen molar-refractivity contribution in [3.05, 3.63) is 24.8 Å². The van der Waals surface area contributed by atoms with Crippen LogP contribution in [0, 0.1) is 22.7 Å². The standard InChI is InChI=1S/C17H25NO5/c1-4-6-17-7-5-10(8-17)12(11(17)15(22)23)18-14(21)13(20)16(2,3)9-19/h4-5,7,10-13,19-20H,1,6,8-9H2,2-3H3,(H,18,21)(H,22,23)/t10-,11-,12+,13+,17+/m1/s1. The fourth-order valence-electron chi connectivity index (χ4n) is 3.79. The van der Waals surface area contributed by atoms with Crippen molar-refractivity contribution >= 4 is 11.9 Å². The third kappa shape index (κ3) is 2.93. The van der Waals surface area contributed by atoms with E-state index in [0.717, 1.165) is 0 Å².